The average Bonchev–Trinajstić information content (AvgIpc) is 2.02. The second-order valence-electron chi connectivity index (χ2n) is 2.88. The molecule has 3 N–H and O–H groups in total. The van der Waals surface area contributed by atoms with Crippen molar-refractivity contribution in [3.63, 3.8) is 0 Å². The van der Waals surface area contributed by atoms with Crippen molar-refractivity contribution in [1.29, 1.82) is 0 Å². The van der Waals surface area contributed by atoms with Crippen molar-refractivity contribution in [2.75, 3.05) is 26.8 Å². The minimum absolute atomic E-state index is 0.00690. The number of carboxylic acid groups (broad SMARTS) is 1. The van der Waals surface area contributed by atoms with Gasteiger partial charge in [0.2, 0.25) is 0 Å². The summed E-state index contributed by atoms with van der Waals surface area (Å²) in [7, 11) is 1.65. The normalized spacial score (nSPS) is 12.5. The molecule has 78 valence electrons. The first kappa shape index (κ1) is 12.2. The van der Waals surface area contributed by atoms with Crippen LogP contribution < -0.4 is 10.6 Å². The number of hydrogen-bond donors (Lipinski definition) is 3. The molecule has 0 aromatic rings. The first-order chi connectivity index (χ1) is 6.16. The molecule has 0 unspecified atom stereocenters. The summed E-state index contributed by atoms with van der Waals surface area (Å²) in [5.74, 6) is 0. The molecular formula is C8H18N2O3. The third kappa shape index (κ3) is 9.10. The maximum absolute atomic E-state index is 10.2. The fourth-order valence-corrected chi connectivity index (χ4v) is 0.901. The summed E-state index contributed by atoms with van der Waals surface area (Å²) in [4.78, 5) is 10.2. The second kappa shape index (κ2) is 7.82. The van der Waals surface area contributed by atoms with E-state index in [0.29, 0.717) is 6.61 Å². The molecule has 0 aromatic heterocycles. The summed E-state index contributed by atoms with van der Waals surface area (Å²) in [6, 6.07) is -0.00690. The van der Waals surface area contributed by atoms with Crippen LogP contribution in [0.4, 0.5) is 4.79 Å². The number of ether oxygens (including phenoxy) is 1. The Morgan fingerprint density at radius 2 is 2.23 bits per heavy atom. The first-order valence-corrected chi connectivity index (χ1v) is 4.36. The van der Waals surface area contributed by atoms with Crippen molar-refractivity contribution in [3.05, 3.63) is 0 Å². The van der Waals surface area contributed by atoms with Gasteiger partial charge in [-0.05, 0) is 19.9 Å². The molecule has 5 nitrogen and oxygen atoms in total. The van der Waals surface area contributed by atoms with E-state index in [-0.39, 0.29) is 6.04 Å². The van der Waals surface area contributed by atoms with Crippen molar-refractivity contribution in [1.82, 2.24) is 10.6 Å². The lowest BCUT2D eigenvalue weighted by atomic mass is 10.2. The van der Waals surface area contributed by atoms with Gasteiger partial charge in [0.25, 0.3) is 0 Å². The highest BCUT2D eigenvalue weighted by molar-refractivity contribution is 5.64. The molecule has 0 saturated carbocycles. The van der Waals surface area contributed by atoms with E-state index in [9.17, 15) is 4.79 Å². The summed E-state index contributed by atoms with van der Waals surface area (Å²) in [6.07, 6.45) is -0.180. The van der Waals surface area contributed by atoms with Gasteiger partial charge in [0.15, 0.2) is 0 Å². The molecule has 0 fully saturated rings. The summed E-state index contributed by atoms with van der Waals surface area (Å²) >= 11 is 0. The van der Waals surface area contributed by atoms with Gasteiger partial charge >= 0.3 is 6.09 Å². The number of nitrogens with one attached hydrogen (secondary N) is 2. The lowest BCUT2D eigenvalue weighted by Gasteiger charge is -2.11. The fraction of sp³-hybridized carbons (Fsp3) is 0.875. The van der Waals surface area contributed by atoms with Crippen LogP contribution >= 0.6 is 0 Å². The van der Waals surface area contributed by atoms with Crippen molar-refractivity contribution in [3.8, 4) is 0 Å². The lowest BCUT2D eigenvalue weighted by molar-refractivity contribution is 0.189. The Bertz CT molecular complexity index is 141. The molecule has 1 amide bonds. The Morgan fingerprint density at radius 1 is 1.54 bits per heavy atom. The maximum atomic E-state index is 10.2. The summed E-state index contributed by atoms with van der Waals surface area (Å²) < 4.78 is 4.84. The fourth-order valence-electron chi connectivity index (χ4n) is 0.901. The van der Waals surface area contributed by atoms with Crippen LogP contribution in [-0.2, 0) is 4.74 Å². The molecule has 1 atom stereocenters. The average molecular weight is 190 g/mol. The Labute approximate surface area is 78.5 Å². The third-order valence-electron chi connectivity index (χ3n) is 1.61. The molecule has 0 aliphatic heterocycles. The van der Waals surface area contributed by atoms with Crippen molar-refractivity contribution in [2.24, 2.45) is 0 Å². The van der Waals surface area contributed by atoms with Crippen molar-refractivity contribution >= 4 is 6.09 Å². The van der Waals surface area contributed by atoms with Crippen LogP contribution in [-0.4, -0.2) is 44.0 Å². The highest BCUT2D eigenvalue weighted by Gasteiger charge is 2.03. The number of methoxy groups -OCH3 is 1. The zero-order chi connectivity index (χ0) is 10.1. The summed E-state index contributed by atoms with van der Waals surface area (Å²) in [5.41, 5.74) is 0. The SMILES string of the molecule is COCCNCC[C@H](C)NC(=O)O. The van der Waals surface area contributed by atoms with E-state index >= 15 is 0 Å². The molecule has 13 heavy (non-hydrogen) atoms. The number of hydrogen-bond acceptors (Lipinski definition) is 3. The van der Waals surface area contributed by atoms with E-state index < -0.39 is 6.09 Å². The Morgan fingerprint density at radius 3 is 2.77 bits per heavy atom. The molecule has 0 spiro atoms. The zero-order valence-corrected chi connectivity index (χ0v) is 8.17. The highest BCUT2D eigenvalue weighted by atomic mass is 16.5. The Balaban J connectivity index is 3.17. The standard InChI is InChI=1S/C8H18N2O3/c1-7(10-8(11)12)3-4-9-5-6-13-2/h7,9-10H,3-6H2,1-2H3,(H,11,12)/t7-/m0/s1. The van der Waals surface area contributed by atoms with Crippen LogP contribution in [0.1, 0.15) is 13.3 Å². The molecule has 0 aliphatic carbocycles. The number of carbonyl (C=O) groups is 1. The van der Waals surface area contributed by atoms with Gasteiger partial charge in [-0.1, -0.05) is 0 Å². The van der Waals surface area contributed by atoms with Crippen LogP contribution in [0.2, 0.25) is 0 Å². The molecule has 0 bridgehead atoms. The monoisotopic (exact) mass is 190 g/mol. The lowest BCUT2D eigenvalue weighted by Crippen LogP contribution is -2.34. The molecule has 0 aliphatic rings. The molecular weight excluding hydrogens is 172 g/mol. The third-order valence-corrected chi connectivity index (χ3v) is 1.61. The van der Waals surface area contributed by atoms with Gasteiger partial charge in [-0.15, -0.1) is 0 Å². The van der Waals surface area contributed by atoms with Crippen molar-refractivity contribution in [2.45, 2.75) is 19.4 Å². The predicted octanol–water partition coefficient (Wildman–Crippen LogP) is 0.269. The Kier molecular flexibility index (Phi) is 7.33. The van der Waals surface area contributed by atoms with Gasteiger partial charge < -0.3 is 20.5 Å². The van der Waals surface area contributed by atoms with E-state index in [1.165, 1.54) is 0 Å². The molecule has 0 saturated heterocycles. The topological polar surface area (TPSA) is 70.6 Å². The predicted molar refractivity (Wildman–Crippen MR) is 50.0 cm³/mol. The van der Waals surface area contributed by atoms with Crippen LogP contribution in [0.25, 0.3) is 0 Å². The molecule has 0 rings (SSSR count). The van der Waals surface area contributed by atoms with E-state index in [2.05, 4.69) is 10.6 Å². The Hall–Kier alpha value is -0.810. The van der Waals surface area contributed by atoms with Crippen LogP contribution in [0.15, 0.2) is 0 Å². The van der Waals surface area contributed by atoms with Crippen LogP contribution in [0.5, 0.6) is 0 Å². The number of amides is 1. The van der Waals surface area contributed by atoms with Gasteiger partial charge in [-0.25, -0.2) is 4.79 Å². The second-order valence-corrected chi connectivity index (χ2v) is 2.88. The van der Waals surface area contributed by atoms with E-state index in [0.717, 1.165) is 19.5 Å². The number of rotatable bonds is 7. The van der Waals surface area contributed by atoms with Gasteiger partial charge in [0, 0.05) is 19.7 Å². The van der Waals surface area contributed by atoms with Crippen molar-refractivity contribution < 1.29 is 14.6 Å². The van der Waals surface area contributed by atoms with Crippen LogP contribution in [0, 0.1) is 0 Å². The summed E-state index contributed by atoms with van der Waals surface area (Å²) in [6.45, 7) is 4.12. The van der Waals surface area contributed by atoms with E-state index in [1.807, 2.05) is 6.92 Å². The molecule has 0 heterocycles. The quantitative estimate of drug-likeness (QED) is 0.504. The largest absolute Gasteiger partial charge is 0.465 e. The van der Waals surface area contributed by atoms with Gasteiger partial charge in [0.05, 0.1) is 6.61 Å². The van der Waals surface area contributed by atoms with Gasteiger partial charge in [0.1, 0.15) is 0 Å². The van der Waals surface area contributed by atoms with E-state index in [4.69, 9.17) is 9.84 Å². The first-order valence-electron chi connectivity index (χ1n) is 4.36. The minimum Gasteiger partial charge on any atom is -0.465 e. The highest BCUT2D eigenvalue weighted by Crippen LogP contribution is 1.87. The molecule has 0 aromatic carbocycles. The van der Waals surface area contributed by atoms with Gasteiger partial charge in [-0.3, -0.25) is 0 Å². The van der Waals surface area contributed by atoms with E-state index in [1.54, 1.807) is 7.11 Å². The molecule has 5 heteroatoms. The summed E-state index contributed by atoms with van der Waals surface area (Å²) in [5, 5.41) is 13.9. The minimum atomic E-state index is -0.968. The van der Waals surface area contributed by atoms with Gasteiger partial charge in [-0.2, -0.15) is 0 Å². The smallest absolute Gasteiger partial charge is 0.404 e. The van der Waals surface area contributed by atoms with Crippen LogP contribution in [0.3, 0.4) is 0 Å². The maximum Gasteiger partial charge on any atom is 0.404 e. The molecule has 0 radical (unpaired) electrons. The zero-order valence-electron chi connectivity index (χ0n) is 8.17.